The minimum atomic E-state index is -0.250. The molecule has 1 aromatic carbocycles. The Bertz CT molecular complexity index is 1250. The summed E-state index contributed by atoms with van der Waals surface area (Å²) in [6.45, 7) is 10.4. The first kappa shape index (κ1) is 20.4. The molecule has 2 atom stereocenters. The second-order valence-electron chi connectivity index (χ2n) is 7.18. The summed E-state index contributed by atoms with van der Waals surface area (Å²) in [5.41, 5.74) is 3.28. The van der Waals surface area contributed by atoms with Crippen molar-refractivity contribution in [2.75, 3.05) is 6.61 Å². The maximum absolute atomic E-state index is 8.36. The molecule has 158 valence electrons. The van der Waals surface area contributed by atoms with E-state index in [0.717, 1.165) is 40.6 Å². The second-order valence-corrected chi connectivity index (χ2v) is 7.18. The first-order valence-electron chi connectivity index (χ1n) is 9.71. The van der Waals surface area contributed by atoms with Gasteiger partial charge in [0.15, 0.2) is 5.69 Å². The number of carboxylic acid groups (broad SMARTS) is 1. The molecule has 0 radical (unpaired) electrons. The molecular formula is C20H20N8O3. The number of benzene rings is 1. The van der Waals surface area contributed by atoms with Gasteiger partial charge in [-0.2, -0.15) is 0 Å². The molecule has 5 rings (SSSR count). The van der Waals surface area contributed by atoms with Crippen LogP contribution in [-0.2, 0) is 16.1 Å². The van der Waals surface area contributed by atoms with E-state index in [-0.39, 0.29) is 18.6 Å². The van der Waals surface area contributed by atoms with E-state index in [1.54, 1.807) is 23.3 Å². The quantitative estimate of drug-likeness (QED) is 0.396. The number of fused-ring (bicyclic) bond motifs is 3. The van der Waals surface area contributed by atoms with E-state index in [1.165, 1.54) is 0 Å². The summed E-state index contributed by atoms with van der Waals surface area (Å²) >= 11 is 0. The average molecular weight is 420 g/mol. The fourth-order valence-corrected chi connectivity index (χ4v) is 3.99. The van der Waals surface area contributed by atoms with Gasteiger partial charge in [0.05, 0.1) is 29.9 Å². The molecule has 1 aliphatic heterocycles. The summed E-state index contributed by atoms with van der Waals surface area (Å²) in [4.78, 5) is 21.4. The molecule has 31 heavy (non-hydrogen) atoms. The number of nitrogens with zero attached hydrogens (tertiary/aromatic N) is 8. The van der Waals surface area contributed by atoms with Gasteiger partial charge in [0.1, 0.15) is 24.2 Å². The maximum atomic E-state index is 8.36. The van der Waals surface area contributed by atoms with Crippen LogP contribution in [-0.4, -0.2) is 59.0 Å². The molecule has 0 unspecified atom stereocenters. The van der Waals surface area contributed by atoms with Crippen LogP contribution >= 0.6 is 0 Å². The number of carbonyl (C=O) groups is 1. The molecule has 1 aliphatic rings. The molecule has 3 aromatic heterocycles. The normalized spacial score (nSPS) is 18.3. The largest absolute Gasteiger partial charge is 0.483 e. The van der Waals surface area contributed by atoms with Gasteiger partial charge in [-0.05, 0) is 42.3 Å². The van der Waals surface area contributed by atoms with E-state index in [0.29, 0.717) is 18.8 Å². The predicted octanol–water partition coefficient (Wildman–Crippen LogP) is 2.61. The summed E-state index contributed by atoms with van der Waals surface area (Å²) < 4.78 is 9.72. The molecule has 1 saturated heterocycles. The number of imidazole rings is 1. The summed E-state index contributed by atoms with van der Waals surface area (Å²) in [6, 6.07) is 5.85. The Morgan fingerprint density at radius 1 is 1.39 bits per heavy atom. The predicted molar refractivity (Wildman–Crippen MR) is 111 cm³/mol. The van der Waals surface area contributed by atoms with E-state index in [1.807, 2.05) is 12.1 Å². The van der Waals surface area contributed by atoms with Crippen molar-refractivity contribution in [1.82, 2.24) is 34.7 Å². The number of tetrazole rings is 1. The van der Waals surface area contributed by atoms with Crippen LogP contribution in [0.15, 0.2) is 30.7 Å². The Labute approximate surface area is 177 Å². The lowest BCUT2D eigenvalue weighted by atomic mass is 10.0. The number of pyridine rings is 1. The van der Waals surface area contributed by atoms with Crippen LogP contribution in [0.1, 0.15) is 31.6 Å². The minimum absolute atomic E-state index is 0.184. The second kappa shape index (κ2) is 8.85. The molecule has 0 bridgehead atoms. The first-order chi connectivity index (χ1) is 15.1. The third-order valence-electron chi connectivity index (χ3n) is 5.22. The summed E-state index contributed by atoms with van der Waals surface area (Å²) in [5, 5.41) is 19.3. The van der Waals surface area contributed by atoms with Crippen molar-refractivity contribution in [3.8, 4) is 0 Å². The van der Waals surface area contributed by atoms with E-state index in [4.69, 9.17) is 26.2 Å². The van der Waals surface area contributed by atoms with Crippen LogP contribution in [0.5, 0.6) is 0 Å². The van der Waals surface area contributed by atoms with Crippen molar-refractivity contribution in [3.63, 3.8) is 0 Å². The molecule has 4 heterocycles. The van der Waals surface area contributed by atoms with Gasteiger partial charge < -0.3 is 14.4 Å². The molecule has 4 aromatic rings. The highest BCUT2D eigenvalue weighted by atomic mass is 16.5. The third kappa shape index (κ3) is 4.06. The van der Waals surface area contributed by atoms with Gasteiger partial charge in [0.25, 0.3) is 6.47 Å². The zero-order valence-corrected chi connectivity index (χ0v) is 16.8. The molecule has 11 heteroatoms. The molecular weight excluding hydrogens is 400 g/mol. The van der Waals surface area contributed by atoms with Gasteiger partial charge in [-0.1, -0.05) is 6.07 Å². The Kier molecular flexibility index (Phi) is 5.81. The Balaban J connectivity index is 0.000000730. The monoisotopic (exact) mass is 420 g/mol. The lowest BCUT2D eigenvalue weighted by molar-refractivity contribution is -0.122. The molecule has 1 fully saturated rings. The van der Waals surface area contributed by atoms with Crippen LogP contribution in [0, 0.1) is 6.57 Å². The third-order valence-corrected chi connectivity index (χ3v) is 5.22. The van der Waals surface area contributed by atoms with Gasteiger partial charge in [0, 0.05) is 18.0 Å². The number of aromatic nitrogens is 7. The summed E-state index contributed by atoms with van der Waals surface area (Å²) in [7, 11) is 0. The fourth-order valence-electron chi connectivity index (χ4n) is 3.99. The van der Waals surface area contributed by atoms with E-state index < -0.39 is 0 Å². The first-order valence-corrected chi connectivity index (χ1v) is 9.71. The van der Waals surface area contributed by atoms with Crippen molar-refractivity contribution < 1.29 is 14.6 Å². The minimum Gasteiger partial charge on any atom is -0.483 e. The lowest BCUT2D eigenvalue weighted by Crippen LogP contribution is -2.27. The maximum Gasteiger partial charge on any atom is 0.290 e. The van der Waals surface area contributed by atoms with Crippen LogP contribution in [0.4, 0.5) is 5.69 Å². The molecule has 1 N–H and O–H groups in total. The molecule has 0 amide bonds. The van der Waals surface area contributed by atoms with Gasteiger partial charge in [-0.25, -0.2) is 14.5 Å². The van der Waals surface area contributed by atoms with Crippen LogP contribution in [0.25, 0.3) is 26.8 Å². The van der Waals surface area contributed by atoms with Crippen molar-refractivity contribution >= 4 is 34.1 Å². The van der Waals surface area contributed by atoms with Crippen LogP contribution in [0.3, 0.4) is 0 Å². The van der Waals surface area contributed by atoms with Crippen molar-refractivity contribution in [2.45, 2.75) is 38.5 Å². The van der Waals surface area contributed by atoms with E-state index in [9.17, 15) is 0 Å². The molecule has 0 aliphatic carbocycles. The number of hydrogen-bond acceptors (Lipinski definition) is 7. The van der Waals surface area contributed by atoms with Crippen molar-refractivity contribution in [2.24, 2.45) is 0 Å². The van der Waals surface area contributed by atoms with E-state index in [2.05, 4.69) is 36.8 Å². The molecule has 11 nitrogen and oxygen atoms in total. The molecule has 0 saturated carbocycles. The van der Waals surface area contributed by atoms with Gasteiger partial charge in [0.2, 0.25) is 0 Å². The Hall–Kier alpha value is -3.91. The zero-order chi connectivity index (χ0) is 21.8. The van der Waals surface area contributed by atoms with E-state index >= 15 is 0 Å². The highest BCUT2D eigenvalue weighted by Gasteiger charge is 2.26. The van der Waals surface area contributed by atoms with Gasteiger partial charge in [-0.3, -0.25) is 9.78 Å². The molecule has 0 spiro atoms. The van der Waals surface area contributed by atoms with Gasteiger partial charge >= 0.3 is 0 Å². The summed E-state index contributed by atoms with van der Waals surface area (Å²) in [6.07, 6.45) is 5.39. The smallest absolute Gasteiger partial charge is 0.290 e. The topological polar surface area (TPSA) is 125 Å². The Morgan fingerprint density at radius 3 is 2.94 bits per heavy atom. The fraction of sp³-hybridized carbons (Fsp3) is 0.350. The average Bonchev–Trinajstić information content (AvgIpc) is 3.41. The Morgan fingerprint density at radius 2 is 2.23 bits per heavy atom. The van der Waals surface area contributed by atoms with Crippen molar-refractivity contribution in [3.05, 3.63) is 48.0 Å². The summed E-state index contributed by atoms with van der Waals surface area (Å²) in [5.74, 6) is 0.879. The lowest BCUT2D eigenvalue weighted by Gasteiger charge is -2.30. The van der Waals surface area contributed by atoms with Crippen LogP contribution in [0.2, 0.25) is 0 Å². The van der Waals surface area contributed by atoms with Gasteiger partial charge in [-0.15, -0.1) is 5.10 Å². The zero-order valence-electron chi connectivity index (χ0n) is 16.8. The number of ether oxygens (including phenoxy) is 1. The number of hydrogen-bond donors (Lipinski definition) is 1. The highest BCUT2D eigenvalue weighted by molar-refractivity contribution is 6.03. The highest BCUT2D eigenvalue weighted by Crippen LogP contribution is 2.34. The SMILES string of the molecule is O=CO.[C-]#[N+]c1ccc2ncc3nc(Cn4cnnn4)n([C@@H]4CCO[C@H](C)C4)c3c2c1. The standard InChI is InChI=1S/C19H18N8O.CH2O2/c1-12-7-14(5-6-28-12)27-18(10-26-11-22-24-25-26)23-17-9-21-16-4-3-13(20-2)8-15(16)19(17)27;2-1-3/h3-4,8-9,11-12,14H,5-7,10H2,1H3;1H,(H,2,3)/t12-,14-;/m1./s1. The van der Waals surface area contributed by atoms with Crippen molar-refractivity contribution in [1.29, 1.82) is 0 Å². The van der Waals surface area contributed by atoms with Crippen LogP contribution < -0.4 is 0 Å². The number of rotatable bonds is 3.